The van der Waals surface area contributed by atoms with E-state index in [2.05, 4.69) is 52.9 Å². The van der Waals surface area contributed by atoms with Crippen LogP contribution in [-0.4, -0.2) is 23.3 Å². The third-order valence-electron chi connectivity index (χ3n) is 4.73. The zero-order valence-corrected chi connectivity index (χ0v) is 15.6. The van der Waals surface area contributed by atoms with E-state index >= 15 is 0 Å². The number of fused-ring (bicyclic) bond motifs is 2. The molecule has 0 aliphatic rings. The van der Waals surface area contributed by atoms with Gasteiger partial charge in [-0.3, -0.25) is 0 Å². The van der Waals surface area contributed by atoms with Crippen LogP contribution in [0.2, 0.25) is 0 Å². The summed E-state index contributed by atoms with van der Waals surface area (Å²) in [4.78, 5) is 2.28. The van der Waals surface area contributed by atoms with Gasteiger partial charge in [0.2, 0.25) is 0 Å². The van der Waals surface area contributed by atoms with Crippen LogP contribution in [0.3, 0.4) is 0 Å². The predicted octanol–water partition coefficient (Wildman–Crippen LogP) is 4.59. The molecule has 0 saturated carbocycles. The van der Waals surface area contributed by atoms with Crippen LogP contribution in [0, 0.1) is 0 Å². The van der Waals surface area contributed by atoms with Gasteiger partial charge in [-0.2, -0.15) is 0 Å². The number of hydrogen-bond acceptors (Lipinski definition) is 3. The van der Waals surface area contributed by atoms with Crippen LogP contribution < -0.4 is 4.90 Å². The van der Waals surface area contributed by atoms with Crippen molar-refractivity contribution < 1.29 is 10.2 Å². The minimum atomic E-state index is -0.0280. The molecule has 0 bridgehead atoms. The molecule has 0 fully saturated rings. The van der Waals surface area contributed by atoms with Crippen molar-refractivity contribution in [1.82, 2.24) is 0 Å². The molecular weight excluding hydrogens is 366 g/mol. The molecular formula is C20H22BrNO2. The van der Waals surface area contributed by atoms with E-state index in [1.165, 1.54) is 0 Å². The van der Waals surface area contributed by atoms with Crippen LogP contribution in [0.15, 0.2) is 40.9 Å². The molecule has 3 nitrogen and oxygen atoms in total. The second-order valence-electron chi connectivity index (χ2n) is 5.87. The normalized spacial score (nSPS) is 11.4. The molecule has 0 heterocycles. The fraction of sp³-hybridized carbons (Fsp3) is 0.300. The van der Waals surface area contributed by atoms with Crippen molar-refractivity contribution in [2.24, 2.45) is 0 Å². The van der Waals surface area contributed by atoms with Crippen LogP contribution >= 0.6 is 15.9 Å². The Labute approximate surface area is 150 Å². The summed E-state index contributed by atoms with van der Waals surface area (Å²) in [6, 6.07) is 12.3. The van der Waals surface area contributed by atoms with Gasteiger partial charge >= 0.3 is 0 Å². The highest BCUT2D eigenvalue weighted by molar-refractivity contribution is 9.10. The minimum absolute atomic E-state index is 0.0257. The molecule has 0 atom stereocenters. The number of aliphatic hydroxyl groups is 2. The SMILES string of the molecule is CCN(CC)c1ccc2c(CO)c3cc(Br)ccc3c(CO)c2c1. The second kappa shape index (κ2) is 7.09. The number of halogens is 1. The number of hydrogen-bond donors (Lipinski definition) is 2. The summed E-state index contributed by atoms with van der Waals surface area (Å²) < 4.78 is 0.965. The van der Waals surface area contributed by atoms with Gasteiger partial charge in [-0.05, 0) is 70.8 Å². The highest BCUT2D eigenvalue weighted by atomic mass is 79.9. The van der Waals surface area contributed by atoms with Crippen molar-refractivity contribution in [3.05, 3.63) is 52.0 Å². The smallest absolute Gasteiger partial charge is 0.0693 e. The second-order valence-corrected chi connectivity index (χ2v) is 6.78. The van der Waals surface area contributed by atoms with Crippen LogP contribution in [0.1, 0.15) is 25.0 Å². The van der Waals surface area contributed by atoms with E-state index in [0.29, 0.717) is 0 Å². The van der Waals surface area contributed by atoms with Crippen LogP contribution in [0.25, 0.3) is 21.5 Å². The maximum atomic E-state index is 10.0. The first-order chi connectivity index (χ1) is 11.6. The lowest BCUT2D eigenvalue weighted by atomic mass is 9.92. The Hall–Kier alpha value is -1.62. The molecule has 0 amide bonds. The summed E-state index contributed by atoms with van der Waals surface area (Å²) in [6.45, 7) is 6.09. The zero-order valence-electron chi connectivity index (χ0n) is 14.0. The van der Waals surface area contributed by atoms with Gasteiger partial charge in [0.05, 0.1) is 13.2 Å². The van der Waals surface area contributed by atoms with Gasteiger partial charge in [0, 0.05) is 23.2 Å². The molecule has 3 aromatic carbocycles. The lowest BCUT2D eigenvalue weighted by molar-refractivity contribution is 0.282. The highest BCUT2D eigenvalue weighted by Crippen LogP contribution is 2.36. The third kappa shape index (κ3) is 2.79. The summed E-state index contributed by atoms with van der Waals surface area (Å²) in [5.74, 6) is 0. The number of anilines is 1. The Morgan fingerprint density at radius 3 is 1.88 bits per heavy atom. The van der Waals surface area contributed by atoms with E-state index in [9.17, 15) is 10.2 Å². The van der Waals surface area contributed by atoms with Crippen LogP contribution in [-0.2, 0) is 13.2 Å². The fourth-order valence-corrected chi connectivity index (χ4v) is 3.85. The first-order valence-corrected chi connectivity index (χ1v) is 9.07. The Bertz CT molecular complexity index is 888. The lowest BCUT2D eigenvalue weighted by Crippen LogP contribution is -2.21. The third-order valence-corrected chi connectivity index (χ3v) is 5.22. The molecule has 3 rings (SSSR count). The number of nitrogens with zero attached hydrogens (tertiary/aromatic N) is 1. The molecule has 0 saturated heterocycles. The Morgan fingerprint density at radius 2 is 1.33 bits per heavy atom. The molecule has 3 aromatic rings. The van der Waals surface area contributed by atoms with E-state index in [1.54, 1.807) is 0 Å². The van der Waals surface area contributed by atoms with Crippen LogP contribution in [0.5, 0.6) is 0 Å². The first-order valence-electron chi connectivity index (χ1n) is 8.27. The van der Waals surface area contributed by atoms with Gasteiger partial charge in [0.25, 0.3) is 0 Å². The molecule has 126 valence electrons. The fourth-order valence-electron chi connectivity index (χ4n) is 3.49. The lowest BCUT2D eigenvalue weighted by Gasteiger charge is -2.23. The predicted molar refractivity (Wildman–Crippen MR) is 105 cm³/mol. The molecule has 0 aromatic heterocycles. The van der Waals surface area contributed by atoms with Gasteiger partial charge in [0.1, 0.15) is 0 Å². The summed E-state index contributed by atoms with van der Waals surface area (Å²) in [5, 5.41) is 24.0. The van der Waals surface area contributed by atoms with Gasteiger partial charge in [-0.15, -0.1) is 0 Å². The van der Waals surface area contributed by atoms with Crippen molar-refractivity contribution in [2.75, 3.05) is 18.0 Å². The average molecular weight is 388 g/mol. The summed E-state index contributed by atoms with van der Waals surface area (Å²) in [5.41, 5.74) is 2.96. The summed E-state index contributed by atoms with van der Waals surface area (Å²) in [6.07, 6.45) is 0. The van der Waals surface area contributed by atoms with E-state index in [0.717, 1.165) is 55.9 Å². The van der Waals surface area contributed by atoms with Crippen molar-refractivity contribution >= 4 is 43.2 Å². The molecule has 0 spiro atoms. The number of aliphatic hydroxyl groups excluding tert-OH is 2. The molecule has 0 aliphatic heterocycles. The largest absolute Gasteiger partial charge is 0.392 e. The standard InChI is InChI=1S/C20H22BrNO2/c1-3-22(4-2)14-6-8-16-18(10-14)20(12-24)15-7-5-13(21)9-17(15)19(16)11-23/h5-10,23-24H,3-4,11-12H2,1-2H3. The Morgan fingerprint density at radius 1 is 0.792 bits per heavy atom. The Kier molecular flexibility index (Phi) is 5.09. The summed E-state index contributed by atoms with van der Waals surface area (Å²) in [7, 11) is 0. The maximum absolute atomic E-state index is 10.0. The average Bonchev–Trinajstić information content (AvgIpc) is 2.60. The molecule has 24 heavy (non-hydrogen) atoms. The van der Waals surface area contributed by atoms with E-state index in [1.807, 2.05) is 18.2 Å². The van der Waals surface area contributed by atoms with Gasteiger partial charge in [0.15, 0.2) is 0 Å². The van der Waals surface area contributed by atoms with Crippen molar-refractivity contribution in [3.8, 4) is 0 Å². The van der Waals surface area contributed by atoms with Crippen molar-refractivity contribution in [2.45, 2.75) is 27.1 Å². The monoisotopic (exact) mass is 387 g/mol. The van der Waals surface area contributed by atoms with Gasteiger partial charge < -0.3 is 15.1 Å². The molecule has 2 N–H and O–H groups in total. The first kappa shape index (κ1) is 17.2. The minimum Gasteiger partial charge on any atom is -0.392 e. The molecule has 4 heteroatoms. The quantitative estimate of drug-likeness (QED) is 0.629. The van der Waals surface area contributed by atoms with E-state index in [-0.39, 0.29) is 13.2 Å². The van der Waals surface area contributed by atoms with Gasteiger partial charge in [-0.1, -0.05) is 28.1 Å². The van der Waals surface area contributed by atoms with Crippen molar-refractivity contribution in [3.63, 3.8) is 0 Å². The molecule has 0 aliphatic carbocycles. The van der Waals surface area contributed by atoms with E-state index in [4.69, 9.17) is 0 Å². The Balaban J connectivity index is 2.42. The van der Waals surface area contributed by atoms with E-state index < -0.39 is 0 Å². The summed E-state index contributed by atoms with van der Waals surface area (Å²) >= 11 is 3.50. The number of benzene rings is 3. The molecule has 0 unspecified atom stereocenters. The highest BCUT2D eigenvalue weighted by Gasteiger charge is 2.15. The topological polar surface area (TPSA) is 43.7 Å². The van der Waals surface area contributed by atoms with Crippen molar-refractivity contribution in [1.29, 1.82) is 0 Å². The van der Waals surface area contributed by atoms with Gasteiger partial charge in [-0.25, -0.2) is 0 Å². The van der Waals surface area contributed by atoms with Crippen LogP contribution in [0.4, 0.5) is 5.69 Å². The zero-order chi connectivity index (χ0) is 17.3. The maximum Gasteiger partial charge on any atom is 0.0693 e. The molecule has 0 radical (unpaired) electrons. The number of rotatable bonds is 5.